The topological polar surface area (TPSA) is 60.7 Å². The number of aryl methyl sites for hydroxylation is 2. The second-order valence-corrected chi connectivity index (χ2v) is 4.41. The zero-order valence-electron chi connectivity index (χ0n) is 9.44. The standard InChI is InChI=1S/C12H17ClO3/c1-7-5-9(13)6-8(2)11(7)12(16)10(15)3-4-14/h5-6,10,12,14-16H,3-4H2,1-2H3. The van der Waals surface area contributed by atoms with E-state index < -0.39 is 12.2 Å². The molecule has 4 heteroatoms. The first-order valence-electron chi connectivity index (χ1n) is 5.21. The van der Waals surface area contributed by atoms with Crippen LogP contribution in [0.15, 0.2) is 12.1 Å². The second kappa shape index (κ2) is 5.64. The van der Waals surface area contributed by atoms with E-state index in [1.807, 2.05) is 13.8 Å². The van der Waals surface area contributed by atoms with E-state index in [1.54, 1.807) is 12.1 Å². The van der Waals surface area contributed by atoms with Gasteiger partial charge in [-0.25, -0.2) is 0 Å². The van der Waals surface area contributed by atoms with Crippen molar-refractivity contribution < 1.29 is 15.3 Å². The predicted octanol–water partition coefficient (Wildman–Crippen LogP) is 1.73. The Kier molecular flexibility index (Phi) is 4.74. The molecule has 1 aromatic carbocycles. The van der Waals surface area contributed by atoms with Crippen LogP contribution in [-0.2, 0) is 0 Å². The summed E-state index contributed by atoms with van der Waals surface area (Å²) in [7, 11) is 0. The molecule has 16 heavy (non-hydrogen) atoms. The highest BCUT2D eigenvalue weighted by Crippen LogP contribution is 2.28. The predicted molar refractivity (Wildman–Crippen MR) is 63.6 cm³/mol. The summed E-state index contributed by atoms with van der Waals surface area (Å²) < 4.78 is 0. The molecule has 1 aromatic rings. The lowest BCUT2D eigenvalue weighted by atomic mass is 9.94. The lowest BCUT2D eigenvalue weighted by Crippen LogP contribution is -2.21. The van der Waals surface area contributed by atoms with Gasteiger partial charge in [-0.1, -0.05) is 11.6 Å². The highest BCUT2D eigenvalue weighted by atomic mass is 35.5. The van der Waals surface area contributed by atoms with E-state index in [-0.39, 0.29) is 13.0 Å². The minimum Gasteiger partial charge on any atom is -0.396 e. The van der Waals surface area contributed by atoms with Crippen LogP contribution in [0.5, 0.6) is 0 Å². The molecule has 0 spiro atoms. The Labute approximate surface area is 100 Å². The van der Waals surface area contributed by atoms with Crippen molar-refractivity contribution in [1.82, 2.24) is 0 Å². The second-order valence-electron chi connectivity index (χ2n) is 3.98. The zero-order valence-corrected chi connectivity index (χ0v) is 10.2. The van der Waals surface area contributed by atoms with Crippen LogP contribution in [0.3, 0.4) is 0 Å². The molecule has 2 unspecified atom stereocenters. The number of hydrogen-bond donors (Lipinski definition) is 3. The van der Waals surface area contributed by atoms with Crippen LogP contribution in [0.1, 0.15) is 29.2 Å². The molecule has 0 bridgehead atoms. The van der Waals surface area contributed by atoms with Gasteiger partial charge in [0, 0.05) is 11.6 Å². The largest absolute Gasteiger partial charge is 0.396 e. The van der Waals surface area contributed by atoms with Crippen LogP contribution in [-0.4, -0.2) is 28.0 Å². The van der Waals surface area contributed by atoms with Crippen LogP contribution >= 0.6 is 11.6 Å². The molecule has 0 radical (unpaired) electrons. The number of aliphatic hydroxyl groups excluding tert-OH is 3. The van der Waals surface area contributed by atoms with E-state index in [0.717, 1.165) is 11.1 Å². The van der Waals surface area contributed by atoms with Crippen LogP contribution in [0, 0.1) is 13.8 Å². The number of aliphatic hydroxyl groups is 3. The quantitative estimate of drug-likeness (QED) is 0.756. The highest BCUT2D eigenvalue weighted by molar-refractivity contribution is 6.30. The van der Waals surface area contributed by atoms with Gasteiger partial charge in [0.15, 0.2) is 0 Å². The monoisotopic (exact) mass is 244 g/mol. The summed E-state index contributed by atoms with van der Waals surface area (Å²) in [6, 6.07) is 3.50. The number of benzene rings is 1. The first kappa shape index (κ1) is 13.5. The van der Waals surface area contributed by atoms with Crippen LogP contribution < -0.4 is 0 Å². The number of halogens is 1. The number of rotatable bonds is 4. The molecule has 0 aliphatic rings. The van der Waals surface area contributed by atoms with Crippen LogP contribution in [0.25, 0.3) is 0 Å². The molecule has 0 aliphatic heterocycles. The molecule has 0 aromatic heterocycles. The normalized spacial score (nSPS) is 14.9. The molecule has 0 saturated heterocycles. The van der Waals surface area contributed by atoms with Gasteiger partial charge in [-0.15, -0.1) is 0 Å². The summed E-state index contributed by atoms with van der Waals surface area (Å²) >= 11 is 5.88. The third-order valence-corrected chi connectivity index (χ3v) is 2.86. The lowest BCUT2D eigenvalue weighted by molar-refractivity contribution is 0.00355. The fourth-order valence-corrected chi connectivity index (χ4v) is 2.20. The Hall–Kier alpha value is -0.610. The maximum atomic E-state index is 9.97. The summed E-state index contributed by atoms with van der Waals surface area (Å²) in [5.74, 6) is 0. The van der Waals surface area contributed by atoms with Gasteiger partial charge < -0.3 is 15.3 Å². The van der Waals surface area contributed by atoms with Gasteiger partial charge in [0.25, 0.3) is 0 Å². The Morgan fingerprint density at radius 1 is 1.19 bits per heavy atom. The van der Waals surface area contributed by atoms with Crippen molar-refractivity contribution in [3.8, 4) is 0 Å². The van der Waals surface area contributed by atoms with Crippen molar-refractivity contribution >= 4 is 11.6 Å². The van der Waals surface area contributed by atoms with E-state index in [2.05, 4.69) is 0 Å². The van der Waals surface area contributed by atoms with E-state index >= 15 is 0 Å². The minimum absolute atomic E-state index is 0.149. The molecule has 0 saturated carbocycles. The summed E-state index contributed by atoms with van der Waals surface area (Å²) in [5, 5.41) is 29.0. The molecule has 0 fully saturated rings. The smallest absolute Gasteiger partial charge is 0.105 e. The van der Waals surface area contributed by atoms with Gasteiger partial charge in [-0.2, -0.15) is 0 Å². The average molecular weight is 245 g/mol. The van der Waals surface area contributed by atoms with E-state index in [9.17, 15) is 10.2 Å². The molecule has 1 rings (SSSR count). The van der Waals surface area contributed by atoms with Crippen molar-refractivity contribution in [3.63, 3.8) is 0 Å². The fourth-order valence-electron chi connectivity index (χ4n) is 1.87. The average Bonchev–Trinajstić information content (AvgIpc) is 2.16. The Balaban J connectivity index is 3.03. The third kappa shape index (κ3) is 2.95. The molecule has 0 aliphatic carbocycles. The zero-order chi connectivity index (χ0) is 12.3. The Bertz CT molecular complexity index is 342. The maximum absolute atomic E-state index is 9.97. The van der Waals surface area contributed by atoms with Gasteiger partial charge in [0.2, 0.25) is 0 Å². The summed E-state index contributed by atoms with van der Waals surface area (Å²) in [6.07, 6.45) is -1.78. The maximum Gasteiger partial charge on any atom is 0.105 e. The molecule has 0 heterocycles. The van der Waals surface area contributed by atoms with Crippen LogP contribution in [0.2, 0.25) is 5.02 Å². The Morgan fingerprint density at radius 3 is 2.12 bits per heavy atom. The minimum atomic E-state index is -0.982. The van der Waals surface area contributed by atoms with Crippen molar-refractivity contribution in [2.24, 2.45) is 0 Å². The summed E-state index contributed by atoms with van der Waals surface area (Å²) in [5.41, 5.74) is 2.37. The van der Waals surface area contributed by atoms with Gasteiger partial charge in [-0.05, 0) is 49.1 Å². The van der Waals surface area contributed by atoms with Crippen LogP contribution in [0.4, 0.5) is 0 Å². The van der Waals surface area contributed by atoms with E-state index in [4.69, 9.17) is 16.7 Å². The summed E-state index contributed by atoms with van der Waals surface area (Å²) in [6.45, 7) is 3.52. The SMILES string of the molecule is Cc1cc(Cl)cc(C)c1C(O)C(O)CCO. The van der Waals surface area contributed by atoms with Gasteiger partial charge >= 0.3 is 0 Å². The highest BCUT2D eigenvalue weighted by Gasteiger charge is 2.21. The number of hydrogen-bond acceptors (Lipinski definition) is 3. The first-order chi connectivity index (χ1) is 7.47. The van der Waals surface area contributed by atoms with Crippen molar-refractivity contribution in [2.45, 2.75) is 32.5 Å². The summed E-state index contributed by atoms with van der Waals surface area (Å²) in [4.78, 5) is 0. The fraction of sp³-hybridized carbons (Fsp3) is 0.500. The Morgan fingerprint density at radius 2 is 1.69 bits per heavy atom. The molecule has 3 nitrogen and oxygen atoms in total. The molecular weight excluding hydrogens is 228 g/mol. The van der Waals surface area contributed by atoms with Gasteiger partial charge in [0.05, 0.1) is 6.10 Å². The molecular formula is C12H17ClO3. The molecule has 2 atom stereocenters. The van der Waals surface area contributed by atoms with Gasteiger partial charge in [0.1, 0.15) is 6.10 Å². The van der Waals surface area contributed by atoms with E-state index in [1.165, 1.54) is 0 Å². The first-order valence-corrected chi connectivity index (χ1v) is 5.58. The third-order valence-electron chi connectivity index (χ3n) is 2.64. The molecule has 90 valence electrons. The van der Waals surface area contributed by atoms with Crippen molar-refractivity contribution in [3.05, 3.63) is 33.8 Å². The molecule has 3 N–H and O–H groups in total. The molecule has 0 amide bonds. The van der Waals surface area contributed by atoms with Crippen molar-refractivity contribution in [1.29, 1.82) is 0 Å². The lowest BCUT2D eigenvalue weighted by Gasteiger charge is -2.21. The van der Waals surface area contributed by atoms with Gasteiger partial charge in [-0.3, -0.25) is 0 Å². The van der Waals surface area contributed by atoms with Crippen molar-refractivity contribution in [2.75, 3.05) is 6.61 Å². The van der Waals surface area contributed by atoms with E-state index in [0.29, 0.717) is 10.6 Å².